The van der Waals surface area contributed by atoms with Crippen molar-refractivity contribution in [2.24, 2.45) is 0 Å². The van der Waals surface area contributed by atoms with Crippen molar-refractivity contribution < 1.29 is 9.53 Å². The molecule has 2 aromatic carbocycles. The van der Waals surface area contributed by atoms with Gasteiger partial charge in [0.25, 0.3) is 0 Å². The molecular formula is C25H26Cl2N4O2. The second kappa shape index (κ2) is 9.98. The van der Waals surface area contributed by atoms with E-state index in [-0.39, 0.29) is 18.0 Å². The number of carbonyl (C=O) groups excluding carboxylic acids is 1. The van der Waals surface area contributed by atoms with Crippen LogP contribution in [0.1, 0.15) is 31.7 Å². The van der Waals surface area contributed by atoms with Crippen molar-refractivity contribution in [2.45, 2.75) is 44.7 Å². The molecule has 1 aliphatic rings. The third kappa shape index (κ3) is 4.77. The highest BCUT2D eigenvalue weighted by atomic mass is 35.5. The van der Waals surface area contributed by atoms with Crippen LogP contribution in [0.25, 0.3) is 22.0 Å². The van der Waals surface area contributed by atoms with Crippen LogP contribution >= 0.6 is 23.2 Å². The van der Waals surface area contributed by atoms with Crippen LogP contribution in [0.5, 0.6) is 5.75 Å². The van der Waals surface area contributed by atoms with Crippen molar-refractivity contribution in [3.05, 3.63) is 58.7 Å². The number of benzene rings is 2. The van der Waals surface area contributed by atoms with E-state index >= 15 is 0 Å². The maximum Gasteiger partial charge on any atom is 0.243 e. The van der Waals surface area contributed by atoms with Crippen LogP contribution in [0.3, 0.4) is 0 Å². The summed E-state index contributed by atoms with van der Waals surface area (Å²) in [5.74, 6) is 0.964. The molecule has 1 fully saturated rings. The lowest BCUT2D eigenvalue weighted by atomic mass is 9.99. The van der Waals surface area contributed by atoms with Gasteiger partial charge in [-0.1, -0.05) is 42.8 Å². The van der Waals surface area contributed by atoms with Crippen LogP contribution in [-0.4, -0.2) is 35.1 Å². The molecule has 0 unspecified atom stereocenters. The topological polar surface area (TPSA) is 76.1 Å². The quantitative estimate of drug-likeness (QED) is 0.413. The zero-order valence-corrected chi connectivity index (χ0v) is 20.1. The Labute approximate surface area is 203 Å². The van der Waals surface area contributed by atoms with Gasteiger partial charge >= 0.3 is 0 Å². The van der Waals surface area contributed by atoms with E-state index in [9.17, 15) is 4.79 Å². The molecule has 3 aromatic rings. The summed E-state index contributed by atoms with van der Waals surface area (Å²) in [5, 5.41) is 8.33. The van der Waals surface area contributed by atoms with Gasteiger partial charge in [0.15, 0.2) is 0 Å². The molecule has 1 saturated carbocycles. The number of halogens is 2. The minimum absolute atomic E-state index is 0.0299. The lowest BCUT2D eigenvalue weighted by Crippen LogP contribution is -2.42. The Bertz CT molecular complexity index is 1190. The predicted molar refractivity (Wildman–Crippen MR) is 134 cm³/mol. The average Bonchev–Trinajstić information content (AvgIpc) is 3.25. The first-order chi connectivity index (χ1) is 15.9. The smallest absolute Gasteiger partial charge is 0.243 e. The number of hydrogen-bond acceptors (Lipinski definition) is 5. The number of anilines is 1. The molecule has 4 rings (SSSR count). The Balaban J connectivity index is 1.63. The van der Waals surface area contributed by atoms with Crippen molar-refractivity contribution in [1.82, 2.24) is 15.3 Å². The molecule has 0 spiro atoms. The molecule has 2 N–H and O–H groups in total. The van der Waals surface area contributed by atoms with Gasteiger partial charge in [0, 0.05) is 29.2 Å². The molecule has 0 saturated heterocycles. The standard InChI is InChI=1S/C25H26Cl2N4O2/c1-4-14-12-20(33-3)24(27)22(23(14)26)15-9-10-17-16(11-15)13-28-25(30-17)31-19-8-6-7-18(19)29-21(32)5-2/h5,9-13,18-19H,2,4,6-8H2,1,3H3,(H,29,32)(H,28,30,31)/t18-,19-/m0/s1. The van der Waals surface area contributed by atoms with Crippen LogP contribution in [0.2, 0.25) is 10.0 Å². The van der Waals surface area contributed by atoms with Gasteiger partial charge in [0.2, 0.25) is 11.9 Å². The van der Waals surface area contributed by atoms with E-state index in [1.165, 1.54) is 6.08 Å². The van der Waals surface area contributed by atoms with E-state index in [4.69, 9.17) is 27.9 Å². The number of amides is 1. The molecule has 0 radical (unpaired) electrons. The number of ether oxygens (including phenoxy) is 1. The molecule has 6 nitrogen and oxygen atoms in total. The average molecular weight is 485 g/mol. The lowest BCUT2D eigenvalue weighted by Gasteiger charge is -2.21. The highest BCUT2D eigenvalue weighted by molar-refractivity contribution is 6.40. The van der Waals surface area contributed by atoms with E-state index in [1.54, 1.807) is 13.3 Å². The number of nitrogens with one attached hydrogen (secondary N) is 2. The Morgan fingerprint density at radius 2 is 2.03 bits per heavy atom. The van der Waals surface area contributed by atoms with Gasteiger partial charge in [-0.05, 0) is 61.1 Å². The highest BCUT2D eigenvalue weighted by Crippen LogP contribution is 2.43. The fraction of sp³-hybridized carbons (Fsp3) is 0.320. The van der Waals surface area contributed by atoms with Gasteiger partial charge in [-0.3, -0.25) is 4.79 Å². The van der Waals surface area contributed by atoms with Gasteiger partial charge in [0.1, 0.15) is 5.75 Å². The summed E-state index contributed by atoms with van der Waals surface area (Å²) in [7, 11) is 1.60. The second-order valence-corrected chi connectivity index (χ2v) is 8.82. The molecule has 172 valence electrons. The minimum atomic E-state index is -0.165. The molecular weight excluding hydrogens is 459 g/mol. The van der Waals surface area contributed by atoms with Crippen molar-refractivity contribution in [2.75, 3.05) is 12.4 Å². The number of methoxy groups -OCH3 is 1. The van der Waals surface area contributed by atoms with E-state index in [0.717, 1.165) is 53.3 Å². The Hall–Kier alpha value is -2.83. The maximum atomic E-state index is 11.7. The summed E-state index contributed by atoms with van der Waals surface area (Å²) in [6.07, 6.45) is 6.72. The molecule has 33 heavy (non-hydrogen) atoms. The van der Waals surface area contributed by atoms with Gasteiger partial charge in [0.05, 0.1) is 22.7 Å². The van der Waals surface area contributed by atoms with Crippen molar-refractivity contribution in [3.8, 4) is 16.9 Å². The summed E-state index contributed by atoms with van der Waals surface area (Å²) in [6, 6.07) is 7.85. The Morgan fingerprint density at radius 1 is 1.24 bits per heavy atom. The van der Waals surface area contributed by atoms with E-state index in [0.29, 0.717) is 21.7 Å². The molecule has 8 heteroatoms. The number of aromatic nitrogens is 2. The molecule has 1 heterocycles. The maximum absolute atomic E-state index is 11.7. The first kappa shape index (κ1) is 23.3. The molecule has 0 aliphatic heterocycles. The first-order valence-electron chi connectivity index (χ1n) is 11.0. The second-order valence-electron chi connectivity index (χ2n) is 8.06. The number of carbonyl (C=O) groups is 1. The largest absolute Gasteiger partial charge is 0.495 e. The van der Waals surface area contributed by atoms with Crippen molar-refractivity contribution in [3.63, 3.8) is 0 Å². The third-order valence-electron chi connectivity index (χ3n) is 6.06. The summed E-state index contributed by atoms with van der Waals surface area (Å²) in [4.78, 5) is 20.9. The monoisotopic (exact) mass is 484 g/mol. The van der Waals surface area contributed by atoms with Crippen molar-refractivity contribution >= 4 is 46.0 Å². The van der Waals surface area contributed by atoms with E-state index < -0.39 is 0 Å². The molecule has 1 amide bonds. The molecule has 2 atom stereocenters. The Morgan fingerprint density at radius 3 is 2.76 bits per heavy atom. The molecule has 1 aromatic heterocycles. The van der Waals surface area contributed by atoms with Crippen LogP contribution < -0.4 is 15.4 Å². The summed E-state index contributed by atoms with van der Waals surface area (Å²) in [6.45, 7) is 5.56. The third-order valence-corrected chi connectivity index (χ3v) is 6.86. The zero-order valence-electron chi connectivity index (χ0n) is 18.6. The molecule has 1 aliphatic carbocycles. The first-order valence-corrected chi connectivity index (χ1v) is 11.7. The number of rotatable bonds is 7. The van der Waals surface area contributed by atoms with Gasteiger partial charge in [-0.2, -0.15) is 0 Å². The van der Waals surface area contributed by atoms with Gasteiger partial charge in [-0.15, -0.1) is 0 Å². The fourth-order valence-corrected chi connectivity index (χ4v) is 5.07. The zero-order chi connectivity index (χ0) is 23.5. The minimum Gasteiger partial charge on any atom is -0.495 e. The van der Waals surface area contributed by atoms with Crippen LogP contribution in [0, 0.1) is 0 Å². The highest BCUT2D eigenvalue weighted by Gasteiger charge is 2.28. The molecule has 0 bridgehead atoms. The van der Waals surface area contributed by atoms with Gasteiger partial charge in [-0.25, -0.2) is 9.97 Å². The fourth-order valence-electron chi connectivity index (χ4n) is 4.30. The summed E-state index contributed by atoms with van der Waals surface area (Å²) in [5.41, 5.74) is 3.38. The summed E-state index contributed by atoms with van der Waals surface area (Å²) < 4.78 is 5.46. The van der Waals surface area contributed by atoms with Crippen LogP contribution in [-0.2, 0) is 11.2 Å². The lowest BCUT2D eigenvalue weighted by molar-refractivity contribution is -0.117. The van der Waals surface area contributed by atoms with Crippen molar-refractivity contribution in [1.29, 1.82) is 0 Å². The number of aryl methyl sites for hydroxylation is 1. The summed E-state index contributed by atoms with van der Waals surface area (Å²) >= 11 is 13.3. The van der Waals surface area contributed by atoms with E-state index in [1.807, 2.05) is 31.2 Å². The normalized spacial score (nSPS) is 17.7. The number of fused-ring (bicyclic) bond motifs is 1. The SMILES string of the molecule is C=CC(=O)N[C@H]1CCC[C@@H]1Nc1ncc2cc(-c3c(Cl)c(CC)cc(OC)c3Cl)ccc2n1. The van der Waals surface area contributed by atoms with Crippen LogP contribution in [0.15, 0.2) is 43.1 Å². The van der Waals surface area contributed by atoms with Gasteiger partial charge < -0.3 is 15.4 Å². The predicted octanol–water partition coefficient (Wildman–Crippen LogP) is 5.81. The number of nitrogens with zero attached hydrogens (tertiary/aromatic N) is 2. The van der Waals surface area contributed by atoms with E-state index in [2.05, 4.69) is 27.2 Å². The van der Waals surface area contributed by atoms with Crippen LogP contribution in [0.4, 0.5) is 5.95 Å². The number of hydrogen-bond donors (Lipinski definition) is 2. The Kier molecular flexibility index (Phi) is 7.05.